The van der Waals surface area contributed by atoms with Crippen molar-refractivity contribution in [1.82, 2.24) is 9.78 Å². The molecule has 0 spiro atoms. The van der Waals surface area contributed by atoms with Gasteiger partial charge in [0.25, 0.3) is 0 Å². The summed E-state index contributed by atoms with van der Waals surface area (Å²) in [6.07, 6.45) is 1.64. The molecule has 0 fully saturated rings. The molecular formula is C11H11ClN2O. The molecule has 0 unspecified atom stereocenters. The molecule has 0 aliphatic carbocycles. The fraction of sp³-hybridized carbons (Fsp3) is 0.182. The van der Waals surface area contributed by atoms with Gasteiger partial charge in [0.15, 0.2) is 0 Å². The molecule has 0 bridgehead atoms. The van der Waals surface area contributed by atoms with Crippen molar-refractivity contribution in [2.75, 3.05) is 7.11 Å². The Kier molecular flexibility index (Phi) is 2.64. The number of hydrogen-bond acceptors (Lipinski definition) is 2. The van der Waals surface area contributed by atoms with Gasteiger partial charge in [0.1, 0.15) is 5.75 Å². The van der Waals surface area contributed by atoms with Crippen molar-refractivity contribution in [3.05, 3.63) is 35.5 Å². The minimum atomic E-state index is 0.644. The molecule has 0 radical (unpaired) electrons. The molecule has 0 saturated carbocycles. The summed E-state index contributed by atoms with van der Waals surface area (Å²) in [6.45, 7) is 0. The first-order valence-corrected chi connectivity index (χ1v) is 4.92. The Morgan fingerprint density at radius 1 is 1.40 bits per heavy atom. The summed E-state index contributed by atoms with van der Waals surface area (Å²) >= 11 is 6.05. The summed E-state index contributed by atoms with van der Waals surface area (Å²) in [5, 5.41) is 4.74. The van der Waals surface area contributed by atoms with Crippen LogP contribution in [0, 0.1) is 0 Å². The van der Waals surface area contributed by atoms with Crippen LogP contribution in [0.2, 0.25) is 5.02 Å². The van der Waals surface area contributed by atoms with E-state index in [1.807, 2.05) is 31.3 Å². The first kappa shape index (κ1) is 10.1. The normalized spacial score (nSPS) is 10.3. The fourth-order valence-corrected chi connectivity index (χ4v) is 1.78. The van der Waals surface area contributed by atoms with E-state index in [1.165, 1.54) is 0 Å². The van der Waals surface area contributed by atoms with Gasteiger partial charge in [-0.05, 0) is 12.1 Å². The second-order valence-electron chi connectivity index (χ2n) is 3.20. The predicted molar refractivity (Wildman–Crippen MR) is 60.2 cm³/mol. The number of aryl methyl sites for hydroxylation is 1. The lowest BCUT2D eigenvalue weighted by molar-refractivity contribution is 0.415. The molecule has 3 nitrogen and oxygen atoms in total. The standard InChI is InChI=1S/C11H11ClN2O/c1-14-11(10(12)7-13-14)8-4-3-5-9(6-8)15-2/h3-7H,1-2H3. The van der Waals surface area contributed by atoms with Crippen LogP contribution in [0.1, 0.15) is 0 Å². The minimum absolute atomic E-state index is 0.644. The number of rotatable bonds is 2. The maximum Gasteiger partial charge on any atom is 0.119 e. The van der Waals surface area contributed by atoms with E-state index in [0.29, 0.717) is 5.02 Å². The zero-order valence-electron chi connectivity index (χ0n) is 8.57. The van der Waals surface area contributed by atoms with E-state index in [2.05, 4.69) is 5.10 Å². The van der Waals surface area contributed by atoms with E-state index >= 15 is 0 Å². The monoisotopic (exact) mass is 222 g/mol. The lowest BCUT2D eigenvalue weighted by Crippen LogP contribution is -1.94. The quantitative estimate of drug-likeness (QED) is 0.781. The van der Waals surface area contributed by atoms with E-state index in [4.69, 9.17) is 16.3 Å². The van der Waals surface area contributed by atoms with E-state index in [1.54, 1.807) is 18.0 Å². The Morgan fingerprint density at radius 2 is 2.20 bits per heavy atom. The second kappa shape index (κ2) is 3.95. The maximum absolute atomic E-state index is 6.05. The van der Waals surface area contributed by atoms with Crippen LogP contribution in [-0.4, -0.2) is 16.9 Å². The van der Waals surface area contributed by atoms with Crippen molar-refractivity contribution in [2.24, 2.45) is 7.05 Å². The molecule has 2 aromatic rings. The van der Waals surface area contributed by atoms with Crippen LogP contribution in [0.5, 0.6) is 5.75 Å². The van der Waals surface area contributed by atoms with Gasteiger partial charge in [-0.1, -0.05) is 23.7 Å². The summed E-state index contributed by atoms with van der Waals surface area (Å²) in [5.41, 5.74) is 1.90. The molecule has 0 atom stereocenters. The molecule has 0 saturated heterocycles. The Hall–Kier alpha value is -1.48. The number of nitrogens with zero attached hydrogens (tertiary/aromatic N) is 2. The zero-order valence-corrected chi connectivity index (χ0v) is 9.32. The third-order valence-electron chi connectivity index (χ3n) is 2.24. The molecule has 0 N–H and O–H groups in total. The fourth-order valence-electron chi connectivity index (χ4n) is 1.51. The van der Waals surface area contributed by atoms with Gasteiger partial charge in [-0.25, -0.2) is 0 Å². The molecule has 4 heteroatoms. The van der Waals surface area contributed by atoms with Crippen molar-refractivity contribution in [3.63, 3.8) is 0 Å². The zero-order chi connectivity index (χ0) is 10.8. The number of halogens is 1. The van der Waals surface area contributed by atoms with Crippen molar-refractivity contribution in [3.8, 4) is 17.0 Å². The Bertz CT molecular complexity index is 460. The molecule has 0 amide bonds. The Labute approximate surface area is 93.2 Å². The van der Waals surface area contributed by atoms with Gasteiger partial charge in [-0.15, -0.1) is 0 Å². The average molecular weight is 223 g/mol. The first-order valence-electron chi connectivity index (χ1n) is 4.54. The third-order valence-corrected chi connectivity index (χ3v) is 2.51. The Morgan fingerprint density at radius 3 is 2.80 bits per heavy atom. The lowest BCUT2D eigenvalue weighted by Gasteiger charge is -2.05. The molecule has 1 aromatic carbocycles. The van der Waals surface area contributed by atoms with Crippen LogP contribution in [0.15, 0.2) is 30.5 Å². The summed E-state index contributed by atoms with van der Waals surface area (Å²) in [6, 6.07) is 7.74. The van der Waals surface area contributed by atoms with Crippen molar-refractivity contribution >= 4 is 11.6 Å². The highest BCUT2D eigenvalue weighted by atomic mass is 35.5. The third kappa shape index (κ3) is 1.83. The number of hydrogen-bond donors (Lipinski definition) is 0. The van der Waals surface area contributed by atoms with Gasteiger partial charge in [0.05, 0.1) is 24.0 Å². The molecule has 0 aliphatic rings. The SMILES string of the molecule is COc1cccc(-c2c(Cl)cnn2C)c1. The number of methoxy groups -OCH3 is 1. The summed E-state index contributed by atoms with van der Waals surface area (Å²) in [5.74, 6) is 0.810. The summed E-state index contributed by atoms with van der Waals surface area (Å²) in [4.78, 5) is 0. The van der Waals surface area contributed by atoms with Gasteiger partial charge in [0, 0.05) is 12.6 Å². The van der Waals surface area contributed by atoms with E-state index in [9.17, 15) is 0 Å². The first-order chi connectivity index (χ1) is 7.22. The van der Waals surface area contributed by atoms with Crippen molar-refractivity contribution < 1.29 is 4.74 Å². The molecule has 2 rings (SSSR count). The van der Waals surface area contributed by atoms with Gasteiger partial charge in [-0.3, -0.25) is 4.68 Å². The molecule has 1 heterocycles. The smallest absolute Gasteiger partial charge is 0.119 e. The molecule has 15 heavy (non-hydrogen) atoms. The van der Waals surface area contributed by atoms with Gasteiger partial charge in [0.2, 0.25) is 0 Å². The molecule has 0 aliphatic heterocycles. The van der Waals surface area contributed by atoms with E-state index in [-0.39, 0.29) is 0 Å². The van der Waals surface area contributed by atoms with Crippen LogP contribution < -0.4 is 4.74 Å². The van der Waals surface area contributed by atoms with E-state index < -0.39 is 0 Å². The maximum atomic E-state index is 6.05. The van der Waals surface area contributed by atoms with Crippen molar-refractivity contribution in [2.45, 2.75) is 0 Å². The molecular weight excluding hydrogens is 212 g/mol. The highest BCUT2D eigenvalue weighted by Gasteiger charge is 2.09. The number of aromatic nitrogens is 2. The summed E-state index contributed by atoms with van der Waals surface area (Å²) < 4.78 is 6.91. The van der Waals surface area contributed by atoms with Crippen LogP contribution in [-0.2, 0) is 7.05 Å². The molecule has 78 valence electrons. The summed E-state index contributed by atoms with van der Waals surface area (Å²) in [7, 11) is 3.50. The number of benzene rings is 1. The highest BCUT2D eigenvalue weighted by Crippen LogP contribution is 2.29. The van der Waals surface area contributed by atoms with Crippen LogP contribution in [0.3, 0.4) is 0 Å². The van der Waals surface area contributed by atoms with Gasteiger partial charge in [-0.2, -0.15) is 5.10 Å². The van der Waals surface area contributed by atoms with Gasteiger partial charge < -0.3 is 4.74 Å². The molecule has 1 aromatic heterocycles. The average Bonchev–Trinajstić information content (AvgIpc) is 2.59. The predicted octanol–water partition coefficient (Wildman–Crippen LogP) is 2.75. The lowest BCUT2D eigenvalue weighted by atomic mass is 10.1. The topological polar surface area (TPSA) is 27.1 Å². The van der Waals surface area contributed by atoms with Crippen LogP contribution in [0.25, 0.3) is 11.3 Å². The second-order valence-corrected chi connectivity index (χ2v) is 3.60. The minimum Gasteiger partial charge on any atom is -0.497 e. The van der Waals surface area contributed by atoms with Gasteiger partial charge >= 0.3 is 0 Å². The van der Waals surface area contributed by atoms with E-state index in [0.717, 1.165) is 17.0 Å². The highest BCUT2D eigenvalue weighted by molar-refractivity contribution is 6.33. The number of ether oxygens (including phenoxy) is 1. The Balaban J connectivity index is 2.53. The van der Waals surface area contributed by atoms with Crippen molar-refractivity contribution in [1.29, 1.82) is 0 Å². The van der Waals surface area contributed by atoms with Crippen LogP contribution >= 0.6 is 11.6 Å². The largest absolute Gasteiger partial charge is 0.497 e. The van der Waals surface area contributed by atoms with Crippen LogP contribution in [0.4, 0.5) is 0 Å².